The quantitative estimate of drug-likeness (QED) is 0.784. The summed E-state index contributed by atoms with van der Waals surface area (Å²) in [5, 5.41) is 4.04. The summed E-state index contributed by atoms with van der Waals surface area (Å²) in [5.41, 5.74) is 3.88. The lowest BCUT2D eigenvalue weighted by molar-refractivity contribution is 0.742. The average molecular weight is 222 g/mol. The molecule has 0 radical (unpaired) electrons. The minimum absolute atomic E-state index is 0.815. The molecule has 0 spiro atoms. The Morgan fingerprint density at radius 1 is 1.27 bits per heavy atom. The molecule has 1 nitrogen and oxygen atoms in total. The molecule has 0 fully saturated rings. The minimum Gasteiger partial charge on any atom is -0.388 e. The summed E-state index contributed by atoms with van der Waals surface area (Å²) in [7, 11) is 1.95. The van der Waals surface area contributed by atoms with Gasteiger partial charge in [0.2, 0.25) is 0 Å². The van der Waals surface area contributed by atoms with E-state index in [0.29, 0.717) is 0 Å². The molecule has 0 bridgehead atoms. The van der Waals surface area contributed by atoms with E-state index in [0.717, 1.165) is 5.02 Å². The summed E-state index contributed by atoms with van der Waals surface area (Å²) in [4.78, 5) is 0. The first-order chi connectivity index (χ1) is 7.31. The van der Waals surface area contributed by atoms with Crippen LogP contribution in [0, 0.1) is 0 Å². The van der Waals surface area contributed by atoms with Crippen LogP contribution >= 0.6 is 11.6 Å². The topological polar surface area (TPSA) is 12.0 Å². The smallest absolute Gasteiger partial charge is 0.0414 e. The molecule has 2 heteroatoms. The van der Waals surface area contributed by atoms with Crippen molar-refractivity contribution in [3.05, 3.63) is 34.9 Å². The third-order valence-corrected chi connectivity index (χ3v) is 3.12. The monoisotopic (exact) mass is 221 g/mol. The van der Waals surface area contributed by atoms with Crippen molar-refractivity contribution in [3.63, 3.8) is 0 Å². The predicted molar refractivity (Wildman–Crippen MR) is 67.4 cm³/mol. The van der Waals surface area contributed by atoms with Crippen LogP contribution in [0.1, 0.15) is 31.2 Å². The third kappa shape index (κ3) is 2.35. The fraction of sp³-hybridized carbons (Fsp3) is 0.385. The van der Waals surface area contributed by atoms with Crippen LogP contribution in [0.25, 0.3) is 5.57 Å². The van der Waals surface area contributed by atoms with Crippen molar-refractivity contribution in [2.75, 3.05) is 12.4 Å². The average Bonchev–Trinajstić information content (AvgIpc) is 2.30. The van der Waals surface area contributed by atoms with Crippen LogP contribution in [-0.2, 0) is 0 Å². The normalized spacial score (nSPS) is 16.0. The van der Waals surface area contributed by atoms with Crippen LogP contribution in [0.4, 0.5) is 5.69 Å². The van der Waals surface area contributed by atoms with Gasteiger partial charge in [-0.05, 0) is 49.5 Å². The van der Waals surface area contributed by atoms with Gasteiger partial charge in [-0.25, -0.2) is 0 Å². The van der Waals surface area contributed by atoms with Crippen molar-refractivity contribution in [1.82, 2.24) is 0 Å². The first kappa shape index (κ1) is 10.6. The van der Waals surface area contributed by atoms with Crippen molar-refractivity contribution in [2.24, 2.45) is 0 Å². The Bertz CT molecular complexity index is 382. The third-order valence-electron chi connectivity index (χ3n) is 2.89. The number of allylic oxidation sites excluding steroid dienone is 2. The summed E-state index contributed by atoms with van der Waals surface area (Å²) in [6.07, 6.45) is 7.33. The zero-order valence-electron chi connectivity index (χ0n) is 9.02. The second-order valence-electron chi connectivity index (χ2n) is 3.92. The second-order valence-corrected chi connectivity index (χ2v) is 4.35. The molecule has 0 amide bonds. The second kappa shape index (κ2) is 4.71. The Labute approximate surface area is 96.1 Å². The number of benzene rings is 1. The molecule has 1 N–H and O–H groups in total. The highest BCUT2D eigenvalue weighted by atomic mass is 35.5. The van der Waals surface area contributed by atoms with Crippen LogP contribution < -0.4 is 5.32 Å². The molecule has 1 aromatic carbocycles. The summed E-state index contributed by atoms with van der Waals surface area (Å²) >= 11 is 6.04. The molecule has 80 valence electrons. The lowest BCUT2D eigenvalue weighted by Crippen LogP contribution is -1.97. The maximum Gasteiger partial charge on any atom is 0.0414 e. The van der Waals surface area contributed by atoms with E-state index >= 15 is 0 Å². The van der Waals surface area contributed by atoms with Crippen molar-refractivity contribution >= 4 is 22.9 Å². The molecule has 1 aromatic rings. The largest absolute Gasteiger partial charge is 0.388 e. The Morgan fingerprint density at radius 3 is 2.80 bits per heavy atom. The number of hydrogen-bond acceptors (Lipinski definition) is 1. The molecule has 0 aromatic heterocycles. The summed E-state index contributed by atoms with van der Waals surface area (Å²) in [5.74, 6) is 0. The van der Waals surface area contributed by atoms with Gasteiger partial charge in [-0.15, -0.1) is 0 Å². The zero-order valence-corrected chi connectivity index (χ0v) is 9.77. The molecular formula is C13H16ClN. The van der Waals surface area contributed by atoms with Crippen LogP contribution in [0.15, 0.2) is 24.3 Å². The first-order valence-electron chi connectivity index (χ1n) is 5.48. The molecule has 0 heterocycles. The Hall–Kier alpha value is -0.950. The molecular weight excluding hydrogens is 206 g/mol. The van der Waals surface area contributed by atoms with E-state index < -0.39 is 0 Å². The van der Waals surface area contributed by atoms with E-state index in [4.69, 9.17) is 11.6 Å². The molecule has 0 saturated carbocycles. The van der Waals surface area contributed by atoms with Crippen molar-refractivity contribution in [1.29, 1.82) is 0 Å². The van der Waals surface area contributed by atoms with E-state index in [2.05, 4.69) is 17.5 Å². The fourth-order valence-corrected chi connectivity index (χ4v) is 2.26. The van der Waals surface area contributed by atoms with Crippen molar-refractivity contribution in [3.8, 4) is 0 Å². The number of hydrogen-bond donors (Lipinski definition) is 1. The highest BCUT2D eigenvalue weighted by Crippen LogP contribution is 2.33. The van der Waals surface area contributed by atoms with Gasteiger partial charge in [0.15, 0.2) is 0 Å². The van der Waals surface area contributed by atoms with Gasteiger partial charge in [-0.3, -0.25) is 0 Å². The lowest BCUT2D eigenvalue weighted by atomic mass is 9.93. The number of halogens is 1. The van der Waals surface area contributed by atoms with Crippen LogP contribution in [-0.4, -0.2) is 7.05 Å². The van der Waals surface area contributed by atoms with Gasteiger partial charge in [0.05, 0.1) is 0 Å². The van der Waals surface area contributed by atoms with Crippen molar-refractivity contribution in [2.45, 2.75) is 25.7 Å². The molecule has 1 aliphatic rings. The van der Waals surface area contributed by atoms with E-state index in [1.165, 1.54) is 42.5 Å². The van der Waals surface area contributed by atoms with Gasteiger partial charge in [-0.1, -0.05) is 17.7 Å². The molecule has 0 saturated heterocycles. The number of anilines is 1. The number of nitrogens with one attached hydrogen (secondary N) is 1. The van der Waals surface area contributed by atoms with Crippen molar-refractivity contribution < 1.29 is 0 Å². The van der Waals surface area contributed by atoms with Crippen LogP contribution in [0.3, 0.4) is 0 Å². The molecule has 1 aliphatic carbocycles. The maximum absolute atomic E-state index is 6.04. The minimum atomic E-state index is 0.815. The van der Waals surface area contributed by atoms with Gasteiger partial charge in [0.25, 0.3) is 0 Å². The van der Waals surface area contributed by atoms with Gasteiger partial charge in [-0.2, -0.15) is 0 Å². The summed E-state index contributed by atoms with van der Waals surface area (Å²) in [6, 6.07) is 6.04. The highest BCUT2D eigenvalue weighted by molar-refractivity contribution is 6.30. The van der Waals surface area contributed by atoms with E-state index in [9.17, 15) is 0 Å². The van der Waals surface area contributed by atoms with E-state index in [-0.39, 0.29) is 0 Å². The molecule has 0 atom stereocenters. The Kier molecular flexibility index (Phi) is 3.32. The molecule has 0 unspecified atom stereocenters. The highest BCUT2D eigenvalue weighted by Gasteiger charge is 2.10. The predicted octanol–water partition coefficient (Wildman–Crippen LogP) is 4.34. The number of rotatable bonds is 2. The standard InChI is InChI=1S/C13H16ClN/c1-15-13-8-7-11(14)9-12(13)10-5-3-2-4-6-10/h5,7-9,15H,2-4,6H2,1H3. The van der Waals surface area contributed by atoms with Gasteiger partial charge < -0.3 is 5.32 Å². The van der Waals surface area contributed by atoms with Gasteiger partial charge >= 0.3 is 0 Å². The Morgan fingerprint density at radius 2 is 2.13 bits per heavy atom. The SMILES string of the molecule is CNc1ccc(Cl)cc1C1=CCCCC1. The van der Waals surface area contributed by atoms with E-state index in [1.54, 1.807) is 0 Å². The zero-order chi connectivity index (χ0) is 10.7. The molecule has 15 heavy (non-hydrogen) atoms. The summed E-state index contributed by atoms with van der Waals surface area (Å²) < 4.78 is 0. The van der Waals surface area contributed by atoms with Crippen LogP contribution in [0.5, 0.6) is 0 Å². The lowest BCUT2D eigenvalue weighted by Gasteiger charge is -2.16. The van der Waals surface area contributed by atoms with Crippen LogP contribution in [0.2, 0.25) is 5.02 Å². The van der Waals surface area contributed by atoms with Gasteiger partial charge in [0.1, 0.15) is 0 Å². The maximum atomic E-state index is 6.04. The van der Waals surface area contributed by atoms with Gasteiger partial charge in [0, 0.05) is 23.3 Å². The first-order valence-corrected chi connectivity index (χ1v) is 5.86. The molecule has 2 rings (SSSR count). The van der Waals surface area contributed by atoms with E-state index in [1.807, 2.05) is 19.2 Å². The Balaban J connectivity index is 2.40. The molecule has 0 aliphatic heterocycles. The fourth-order valence-electron chi connectivity index (χ4n) is 2.08. The summed E-state index contributed by atoms with van der Waals surface area (Å²) in [6.45, 7) is 0.